The standard InChI is InChI=1S/C23H33NO2/c1-8-10-18(12-11-16(3)4)21-17(9-2)13-19(14-20(21)15-24)22(25)26-23(5,6)7/h8,10-14H,9,15,24H2,1-7H3/b10-8-,18-12+. The lowest BCUT2D eigenvalue weighted by Gasteiger charge is -2.21. The molecular formula is C23H33NO2. The summed E-state index contributed by atoms with van der Waals surface area (Å²) in [4.78, 5) is 12.5. The highest BCUT2D eigenvalue weighted by Crippen LogP contribution is 2.28. The first-order valence-electron chi connectivity index (χ1n) is 9.20. The number of carbonyl (C=O) groups is 1. The van der Waals surface area contributed by atoms with Gasteiger partial charge in [-0.25, -0.2) is 4.79 Å². The molecule has 142 valence electrons. The maximum atomic E-state index is 12.5. The van der Waals surface area contributed by atoms with Gasteiger partial charge in [0.05, 0.1) is 5.56 Å². The highest BCUT2D eigenvalue weighted by molar-refractivity contribution is 5.92. The fraction of sp³-hybridized carbons (Fsp3) is 0.435. The Morgan fingerprint density at radius 2 is 1.77 bits per heavy atom. The second kappa shape index (κ2) is 9.54. The van der Waals surface area contributed by atoms with Gasteiger partial charge in [0.2, 0.25) is 0 Å². The van der Waals surface area contributed by atoms with E-state index in [9.17, 15) is 4.79 Å². The first-order chi connectivity index (χ1) is 12.1. The Kier molecular flexibility index (Phi) is 8.04. The molecule has 26 heavy (non-hydrogen) atoms. The van der Waals surface area contributed by atoms with Crippen LogP contribution >= 0.6 is 0 Å². The molecule has 0 saturated carbocycles. The molecule has 1 aromatic carbocycles. The van der Waals surface area contributed by atoms with E-state index in [0.29, 0.717) is 12.1 Å². The minimum absolute atomic E-state index is 0.311. The molecule has 0 fully saturated rings. The average molecular weight is 356 g/mol. The summed E-state index contributed by atoms with van der Waals surface area (Å²) in [6, 6.07) is 3.80. The van der Waals surface area contributed by atoms with E-state index in [-0.39, 0.29) is 5.97 Å². The quantitative estimate of drug-likeness (QED) is 0.534. The number of hydrogen-bond acceptors (Lipinski definition) is 3. The number of aryl methyl sites for hydroxylation is 1. The molecule has 0 atom stereocenters. The number of ether oxygens (including phenoxy) is 1. The van der Waals surface area contributed by atoms with Crippen LogP contribution in [0.2, 0.25) is 0 Å². The molecule has 0 spiro atoms. The van der Waals surface area contributed by atoms with Gasteiger partial charge in [-0.2, -0.15) is 0 Å². The molecule has 0 aliphatic carbocycles. The molecule has 0 aliphatic heterocycles. The van der Waals surface area contributed by atoms with E-state index in [4.69, 9.17) is 10.5 Å². The fourth-order valence-corrected chi connectivity index (χ4v) is 2.69. The summed E-state index contributed by atoms with van der Waals surface area (Å²) < 4.78 is 5.53. The number of benzene rings is 1. The minimum atomic E-state index is -0.523. The Hall–Kier alpha value is -2.13. The third kappa shape index (κ3) is 6.30. The van der Waals surface area contributed by atoms with Crippen LogP contribution in [0.5, 0.6) is 0 Å². The average Bonchev–Trinajstić information content (AvgIpc) is 2.55. The lowest BCUT2D eigenvalue weighted by atomic mass is 9.90. The van der Waals surface area contributed by atoms with Crippen molar-refractivity contribution in [1.29, 1.82) is 0 Å². The second-order valence-electron chi connectivity index (χ2n) is 7.60. The van der Waals surface area contributed by atoms with Gasteiger partial charge in [-0.1, -0.05) is 36.8 Å². The van der Waals surface area contributed by atoms with Crippen molar-refractivity contribution in [2.24, 2.45) is 5.73 Å². The Morgan fingerprint density at radius 1 is 1.15 bits per heavy atom. The number of rotatable bonds is 6. The summed E-state index contributed by atoms with van der Waals surface area (Å²) in [5, 5.41) is 0. The maximum Gasteiger partial charge on any atom is 0.338 e. The topological polar surface area (TPSA) is 52.3 Å². The van der Waals surface area contributed by atoms with Crippen molar-refractivity contribution < 1.29 is 9.53 Å². The van der Waals surface area contributed by atoms with Crippen molar-refractivity contribution in [2.75, 3.05) is 0 Å². The number of nitrogens with two attached hydrogens (primary N) is 1. The highest BCUT2D eigenvalue weighted by atomic mass is 16.6. The van der Waals surface area contributed by atoms with Crippen LogP contribution in [-0.2, 0) is 17.7 Å². The molecule has 3 nitrogen and oxygen atoms in total. The summed E-state index contributed by atoms with van der Waals surface area (Å²) >= 11 is 0. The number of carbonyl (C=O) groups excluding carboxylic acids is 1. The molecule has 0 heterocycles. The van der Waals surface area contributed by atoms with Gasteiger partial charge in [0.1, 0.15) is 5.60 Å². The summed E-state index contributed by atoms with van der Waals surface area (Å²) in [5.41, 5.74) is 11.6. The maximum absolute atomic E-state index is 12.5. The van der Waals surface area contributed by atoms with Crippen molar-refractivity contribution in [3.05, 3.63) is 64.3 Å². The van der Waals surface area contributed by atoms with Crippen LogP contribution < -0.4 is 5.73 Å². The largest absolute Gasteiger partial charge is 0.456 e. The van der Waals surface area contributed by atoms with E-state index in [1.165, 1.54) is 5.57 Å². The van der Waals surface area contributed by atoms with Gasteiger partial charge < -0.3 is 10.5 Å². The Morgan fingerprint density at radius 3 is 2.23 bits per heavy atom. The Balaban J connectivity index is 3.56. The van der Waals surface area contributed by atoms with Gasteiger partial charge in [-0.3, -0.25) is 0 Å². The van der Waals surface area contributed by atoms with E-state index < -0.39 is 5.60 Å². The minimum Gasteiger partial charge on any atom is -0.456 e. The van der Waals surface area contributed by atoms with Crippen molar-refractivity contribution in [3.8, 4) is 0 Å². The van der Waals surface area contributed by atoms with E-state index in [0.717, 1.165) is 28.7 Å². The van der Waals surface area contributed by atoms with E-state index in [2.05, 4.69) is 39.0 Å². The third-order valence-electron chi connectivity index (χ3n) is 3.77. The van der Waals surface area contributed by atoms with E-state index in [1.54, 1.807) is 0 Å². The van der Waals surface area contributed by atoms with Crippen LogP contribution in [0.15, 0.2) is 42.0 Å². The monoisotopic (exact) mass is 355 g/mol. The Labute approximate surface area is 158 Å². The molecule has 0 saturated heterocycles. The highest BCUT2D eigenvalue weighted by Gasteiger charge is 2.20. The first-order valence-corrected chi connectivity index (χ1v) is 9.20. The van der Waals surface area contributed by atoms with Gasteiger partial charge >= 0.3 is 5.97 Å². The summed E-state index contributed by atoms with van der Waals surface area (Å²) in [6.07, 6.45) is 9.11. The third-order valence-corrected chi connectivity index (χ3v) is 3.77. The molecule has 0 bridgehead atoms. The molecule has 3 heteroatoms. The Bertz CT molecular complexity index is 702. The van der Waals surface area contributed by atoms with Gasteiger partial charge in [0.15, 0.2) is 0 Å². The lowest BCUT2D eigenvalue weighted by Crippen LogP contribution is -2.24. The zero-order valence-electron chi connectivity index (χ0n) is 17.3. The number of allylic oxidation sites excluding steroid dienone is 6. The molecule has 0 amide bonds. The van der Waals surface area contributed by atoms with Gasteiger partial charge in [0.25, 0.3) is 0 Å². The van der Waals surface area contributed by atoms with Crippen LogP contribution in [0.25, 0.3) is 5.57 Å². The van der Waals surface area contributed by atoms with Crippen LogP contribution in [-0.4, -0.2) is 11.6 Å². The predicted octanol–water partition coefficient (Wildman–Crippen LogP) is 5.59. The van der Waals surface area contributed by atoms with Crippen LogP contribution in [0.4, 0.5) is 0 Å². The van der Waals surface area contributed by atoms with Crippen molar-refractivity contribution in [3.63, 3.8) is 0 Å². The van der Waals surface area contributed by atoms with Gasteiger partial charge in [-0.05, 0) is 82.4 Å². The van der Waals surface area contributed by atoms with Crippen molar-refractivity contribution in [1.82, 2.24) is 0 Å². The number of hydrogen-bond donors (Lipinski definition) is 1. The molecule has 1 aromatic rings. The molecule has 2 N–H and O–H groups in total. The molecule has 0 aromatic heterocycles. The van der Waals surface area contributed by atoms with Crippen molar-refractivity contribution >= 4 is 11.5 Å². The first kappa shape index (κ1) is 21.9. The molecule has 0 unspecified atom stereocenters. The summed E-state index contributed by atoms with van der Waals surface area (Å²) in [5.74, 6) is -0.311. The zero-order chi connectivity index (χ0) is 19.9. The lowest BCUT2D eigenvalue weighted by molar-refractivity contribution is 0.00693. The summed E-state index contributed by atoms with van der Waals surface area (Å²) in [6.45, 7) is 14.2. The normalized spacial score (nSPS) is 12.4. The molecule has 0 aliphatic rings. The smallest absolute Gasteiger partial charge is 0.338 e. The molecule has 0 radical (unpaired) electrons. The van der Waals surface area contributed by atoms with Crippen LogP contribution in [0.1, 0.15) is 75.5 Å². The summed E-state index contributed by atoms with van der Waals surface area (Å²) in [7, 11) is 0. The number of esters is 1. The molecular weight excluding hydrogens is 322 g/mol. The van der Waals surface area contributed by atoms with E-state index >= 15 is 0 Å². The van der Waals surface area contributed by atoms with Crippen molar-refractivity contribution in [2.45, 2.75) is 67.0 Å². The predicted molar refractivity (Wildman–Crippen MR) is 111 cm³/mol. The molecule has 1 rings (SSSR count). The fourth-order valence-electron chi connectivity index (χ4n) is 2.69. The van der Waals surface area contributed by atoms with Gasteiger partial charge in [-0.15, -0.1) is 0 Å². The van der Waals surface area contributed by atoms with Crippen LogP contribution in [0.3, 0.4) is 0 Å². The SMILES string of the molecule is C/C=C\C(=C/C=C(C)C)c1c(CC)cc(C(=O)OC(C)(C)C)cc1CN. The zero-order valence-corrected chi connectivity index (χ0v) is 17.3. The second-order valence-corrected chi connectivity index (χ2v) is 7.60. The van der Waals surface area contributed by atoms with E-state index in [1.807, 2.05) is 45.9 Å². The van der Waals surface area contributed by atoms with Crippen LogP contribution in [0, 0.1) is 0 Å². The van der Waals surface area contributed by atoms with Gasteiger partial charge in [0, 0.05) is 6.54 Å².